The summed E-state index contributed by atoms with van der Waals surface area (Å²) in [5.74, 6) is 0.944. The number of nitrogens with one attached hydrogen (secondary N) is 1. The van der Waals surface area contributed by atoms with E-state index in [0.29, 0.717) is 11.5 Å². The van der Waals surface area contributed by atoms with E-state index in [0.717, 1.165) is 49.7 Å². The molecule has 1 saturated heterocycles. The zero-order valence-electron chi connectivity index (χ0n) is 17.5. The van der Waals surface area contributed by atoms with Crippen LogP contribution >= 0.6 is 0 Å². The predicted molar refractivity (Wildman–Crippen MR) is 114 cm³/mol. The Morgan fingerprint density at radius 3 is 2.59 bits per heavy atom. The molecule has 0 bridgehead atoms. The van der Waals surface area contributed by atoms with Crippen LogP contribution in [0.4, 0.5) is 0 Å². The van der Waals surface area contributed by atoms with Gasteiger partial charge in [-0.2, -0.15) is 0 Å². The van der Waals surface area contributed by atoms with Crippen molar-refractivity contribution in [1.29, 1.82) is 0 Å². The van der Waals surface area contributed by atoms with Gasteiger partial charge >= 0.3 is 0 Å². The summed E-state index contributed by atoms with van der Waals surface area (Å²) in [5.41, 5.74) is 4.07. The highest BCUT2D eigenvalue weighted by molar-refractivity contribution is 5.98. The van der Waals surface area contributed by atoms with Gasteiger partial charge in [-0.3, -0.25) is 9.69 Å². The molecule has 0 radical (unpaired) electrons. The summed E-state index contributed by atoms with van der Waals surface area (Å²) in [4.78, 5) is 15.6. The molecular weight excluding hydrogens is 364 g/mol. The lowest BCUT2D eigenvalue weighted by molar-refractivity contribution is 0.0332. The van der Waals surface area contributed by atoms with E-state index in [1.807, 2.05) is 12.1 Å². The molecule has 2 heterocycles. The van der Waals surface area contributed by atoms with Crippen LogP contribution < -0.4 is 10.1 Å². The van der Waals surface area contributed by atoms with Crippen LogP contribution in [0, 0.1) is 6.92 Å². The Kier molecular flexibility index (Phi) is 5.88. The maximum Gasteiger partial charge on any atom is 0.255 e. The number of rotatable bonds is 5. The quantitative estimate of drug-likeness (QED) is 0.841. The SMILES string of the molecule is Cc1ccc(C(CN2CCOCC2)NC(=O)c2cccc3c2OC(C)C3C)cc1. The fourth-order valence-electron chi connectivity index (χ4n) is 4.08. The molecule has 3 unspecified atom stereocenters. The van der Waals surface area contributed by atoms with E-state index in [4.69, 9.17) is 9.47 Å². The molecule has 2 aromatic rings. The molecule has 3 atom stereocenters. The number of amides is 1. The lowest BCUT2D eigenvalue weighted by Gasteiger charge is -2.31. The minimum absolute atomic E-state index is 0.0815. The Balaban J connectivity index is 1.57. The average molecular weight is 395 g/mol. The minimum atomic E-state index is -0.0895. The van der Waals surface area contributed by atoms with Crippen LogP contribution in [0.3, 0.4) is 0 Å². The third kappa shape index (κ3) is 4.31. The molecule has 1 amide bonds. The Morgan fingerprint density at radius 1 is 1.14 bits per heavy atom. The molecule has 0 saturated carbocycles. The van der Waals surface area contributed by atoms with Crippen molar-refractivity contribution in [1.82, 2.24) is 10.2 Å². The molecule has 0 aromatic heterocycles. The molecule has 4 rings (SSSR count). The van der Waals surface area contributed by atoms with Crippen LogP contribution in [0.25, 0.3) is 0 Å². The second-order valence-corrected chi connectivity index (χ2v) is 8.19. The number of hydrogen-bond acceptors (Lipinski definition) is 4. The van der Waals surface area contributed by atoms with Gasteiger partial charge in [0.1, 0.15) is 11.9 Å². The number of aryl methyl sites for hydroxylation is 1. The van der Waals surface area contributed by atoms with Gasteiger partial charge in [0.15, 0.2) is 0 Å². The molecule has 2 aliphatic rings. The van der Waals surface area contributed by atoms with Crippen LogP contribution in [0.5, 0.6) is 5.75 Å². The van der Waals surface area contributed by atoms with Crippen LogP contribution in [-0.4, -0.2) is 49.8 Å². The lowest BCUT2D eigenvalue weighted by atomic mass is 9.96. The normalized spacial score (nSPS) is 22.6. The first-order chi connectivity index (χ1) is 14.0. The molecule has 29 heavy (non-hydrogen) atoms. The summed E-state index contributed by atoms with van der Waals surface area (Å²) in [7, 11) is 0. The van der Waals surface area contributed by atoms with Crippen molar-refractivity contribution in [2.24, 2.45) is 0 Å². The van der Waals surface area contributed by atoms with E-state index >= 15 is 0 Å². The number of ether oxygens (including phenoxy) is 2. The van der Waals surface area contributed by atoms with Gasteiger partial charge < -0.3 is 14.8 Å². The third-order valence-corrected chi connectivity index (χ3v) is 6.12. The van der Waals surface area contributed by atoms with Crippen LogP contribution in [0.2, 0.25) is 0 Å². The Morgan fingerprint density at radius 2 is 1.86 bits per heavy atom. The monoisotopic (exact) mass is 394 g/mol. The summed E-state index contributed by atoms with van der Waals surface area (Å²) in [6.07, 6.45) is 0.0835. The Hall–Kier alpha value is -2.37. The fraction of sp³-hybridized carbons (Fsp3) is 0.458. The topological polar surface area (TPSA) is 50.8 Å². The lowest BCUT2D eigenvalue weighted by Crippen LogP contribution is -2.43. The number of hydrogen-bond donors (Lipinski definition) is 1. The summed E-state index contributed by atoms with van der Waals surface area (Å²) in [6, 6.07) is 14.2. The molecule has 5 nitrogen and oxygen atoms in total. The summed E-state index contributed by atoms with van der Waals surface area (Å²) < 4.78 is 11.5. The van der Waals surface area contributed by atoms with Crippen molar-refractivity contribution in [3.8, 4) is 5.75 Å². The van der Waals surface area contributed by atoms with Crippen LogP contribution in [-0.2, 0) is 4.74 Å². The first-order valence-corrected chi connectivity index (χ1v) is 10.5. The van der Waals surface area contributed by atoms with Crippen LogP contribution in [0.1, 0.15) is 52.9 Å². The fourth-order valence-corrected chi connectivity index (χ4v) is 4.08. The maximum absolute atomic E-state index is 13.3. The smallest absolute Gasteiger partial charge is 0.255 e. The van der Waals surface area contributed by atoms with Crippen molar-refractivity contribution in [3.05, 3.63) is 64.7 Å². The predicted octanol–water partition coefficient (Wildman–Crippen LogP) is 3.68. The van der Waals surface area contributed by atoms with Gasteiger partial charge in [0.05, 0.1) is 24.8 Å². The molecule has 1 N–H and O–H groups in total. The zero-order chi connectivity index (χ0) is 20.4. The Bertz CT molecular complexity index is 859. The van der Waals surface area contributed by atoms with Gasteiger partial charge in [-0.05, 0) is 25.5 Å². The molecule has 5 heteroatoms. The van der Waals surface area contributed by atoms with Crippen molar-refractivity contribution < 1.29 is 14.3 Å². The van der Waals surface area contributed by atoms with Gasteiger partial charge in [0.2, 0.25) is 0 Å². The first kappa shape index (κ1) is 19.9. The second kappa shape index (κ2) is 8.56. The van der Waals surface area contributed by atoms with Crippen molar-refractivity contribution in [2.45, 2.75) is 38.8 Å². The van der Waals surface area contributed by atoms with E-state index in [-0.39, 0.29) is 18.1 Å². The second-order valence-electron chi connectivity index (χ2n) is 8.19. The highest BCUT2D eigenvalue weighted by Gasteiger charge is 2.32. The number of fused-ring (bicyclic) bond motifs is 1. The summed E-state index contributed by atoms with van der Waals surface area (Å²) in [5, 5.41) is 3.27. The van der Waals surface area contributed by atoms with E-state index < -0.39 is 0 Å². The van der Waals surface area contributed by atoms with Crippen molar-refractivity contribution in [2.75, 3.05) is 32.8 Å². The molecule has 1 fully saturated rings. The standard InChI is InChI=1S/C24H30N2O3/c1-16-7-9-19(10-8-16)22(15-26-11-13-28-14-12-26)25-24(27)21-6-4-5-20-17(2)18(3)29-23(20)21/h4-10,17-18,22H,11-15H2,1-3H3,(H,25,27). The van der Waals surface area contributed by atoms with E-state index in [9.17, 15) is 4.79 Å². The number of benzene rings is 2. The van der Waals surface area contributed by atoms with Crippen LogP contribution in [0.15, 0.2) is 42.5 Å². The largest absolute Gasteiger partial charge is 0.489 e. The van der Waals surface area contributed by atoms with Gasteiger partial charge in [-0.15, -0.1) is 0 Å². The van der Waals surface area contributed by atoms with E-state index in [1.165, 1.54) is 5.56 Å². The minimum Gasteiger partial charge on any atom is -0.489 e. The first-order valence-electron chi connectivity index (χ1n) is 10.5. The van der Waals surface area contributed by atoms with Crippen molar-refractivity contribution in [3.63, 3.8) is 0 Å². The van der Waals surface area contributed by atoms with Gasteiger partial charge in [0.25, 0.3) is 5.91 Å². The number of para-hydroxylation sites is 1. The number of nitrogens with zero attached hydrogens (tertiary/aromatic N) is 1. The van der Waals surface area contributed by atoms with Gasteiger partial charge in [-0.1, -0.05) is 48.9 Å². The van der Waals surface area contributed by atoms with E-state index in [2.05, 4.69) is 61.3 Å². The number of morpholine rings is 1. The van der Waals surface area contributed by atoms with E-state index in [1.54, 1.807) is 0 Å². The third-order valence-electron chi connectivity index (χ3n) is 6.12. The highest BCUT2D eigenvalue weighted by Crippen LogP contribution is 2.40. The number of carbonyl (C=O) groups is 1. The Labute approximate surface area is 173 Å². The molecule has 2 aliphatic heterocycles. The summed E-state index contributed by atoms with van der Waals surface area (Å²) >= 11 is 0. The highest BCUT2D eigenvalue weighted by atomic mass is 16.5. The molecule has 2 aromatic carbocycles. The van der Waals surface area contributed by atoms with Gasteiger partial charge in [0, 0.05) is 31.1 Å². The molecule has 0 aliphatic carbocycles. The average Bonchev–Trinajstić information content (AvgIpc) is 3.03. The zero-order valence-corrected chi connectivity index (χ0v) is 17.5. The maximum atomic E-state index is 13.3. The number of carbonyl (C=O) groups excluding carboxylic acids is 1. The summed E-state index contributed by atoms with van der Waals surface area (Å²) in [6.45, 7) is 10.3. The molecule has 0 spiro atoms. The van der Waals surface area contributed by atoms with Gasteiger partial charge in [-0.25, -0.2) is 0 Å². The molecule has 154 valence electrons. The molecular formula is C24H30N2O3. The van der Waals surface area contributed by atoms with Crippen molar-refractivity contribution >= 4 is 5.91 Å².